The Morgan fingerprint density at radius 2 is 2.08 bits per heavy atom. The lowest BCUT2D eigenvalue weighted by atomic mass is 10.1. The zero-order valence-electron chi connectivity index (χ0n) is 8.45. The van der Waals surface area contributed by atoms with Gasteiger partial charge in [0.2, 0.25) is 5.89 Å². The van der Waals surface area contributed by atoms with Crippen LogP contribution < -0.4 is 5.73 Å². The molecule has 0 aliphatic heterocycles. The first-order valence-electron chi connectivity index (χ1n) is 4.78. The van der Waals surface area contributed by atoms with E-state index in [-0.39, 0.29) is 6.04 Å². The van der Waals surface area contributed by atoms with Crippen LogP contribution in [0.1, 0.15) is 57.3 Å². The summed E-state index contributed by atoms with van der Waals surface area (Å²) < 4.78 is 5.05. The van der Waals surface area contributed by atoms with Crippen molar-refractivity contribution in [2.24, 2.45) is 5.73 Å². The Morgan fingerprint density at radius 3 is 2.62 bits per heavy atom. The molecular weight excluding hydrogens is 166 g/mol. The molecule has 0 saturated carbocycles. The highest BCUT2D eigenvalue weighted by Gasteiger charge is 2.15. The van der Waals surface area contributed by atoms with Crippen LogP contribution in [0.25, 0.3) is 0 Å². The van der Waals surface area contributed by atoms with E-state index in [1.165, 1.54) is 0 Å². The van der Waals surface area contributed by atoms with Crippen molar-refractivity contribution in [1.82, 2.24) is 10.1 Å². The summed E-state index contributed by atoms with van der Waals surface area (Å²) in [5.41, 5.74) is 5.75. The van der Waals surface area contributed by atoms with Gasteiger partial charge in [0.1, 0.15) is 0 Å². The second-order valence-corrected chi connectivity index (χ2v) is 3.31. The molecule has 0 aliphatic carbocycles. The SMILES string of the molecule is CCC(C)c1noc([C@H](N)CC)n1. The number of hydrogen-bond acceptors (Lipinski definition) is 4. The van der Waals surface area contributed by atoms with Gasteiger partial charge in [-0.25, -0.2) is 0 Å². The highest BCUT2D eigenvalue weighted by Crippen LogP contribution is 2.17. The molecule has 4 heteroatoms. The molecule has 1 heterocycles. The quantitative estimate of drug-likeness (QED) is 0.775. The van der Waals surface area contributed by atoms with Crippen LogP contribution in [-0.4, -0.2) is 10.1 Å². The number of nitrogens with two attached hydrogens (primary N) is 1. The van der Waals surface area contributed by atoms with Gasteiger partial charge in [-0.2, -0.15) is 4.98 Å². The van der Waals surface area contributed by atoms with Gasteiger partial charge in [0.25, 0.3) is 0 Å². The van der Waals surface area contributed by atoms with Crippen molar-refractivity contribution in [2.75, 3.05) is 0 Å². The Kier molecular flexibility index (Phi) is 3.42. The molecule has 0 aliphatic rings. The van der Waals surface area contributed by atoms with E-state index in [0.717, 1.165) is 18.7 Å². The smallest absolute Gasteiger partial charge is 0.243 e. The van der Waals surface area contributed by atoms with E-state index in [4.69, 9.17) is 10.3 Å². The molecule has 13 heavy (non-hydrogen) atoms. The van der Waals surface area contributed by atoms with Crippen molar-refractivity contribution in [3.63, 3.8) is 0 Å². The van der Waals surface area contributed by atoms with Crippen LogP contribution in [0, 0.1) is 0 Å². The molecule has 0 amide bonds. The first-order valence-corrected chi connectivity index (χ1v) is 4.78. The molecule has 1 unspecified atom stereocenters. The van der Waals surface area contributed by atoms with E-state index in [2.05, 4.69) is 24.0 Å². The lowest BCUT2D eigenvalue weighted by Crippen LogP contribution is -2.09. The highest BCUT2D eigenvalue weighted by atomic mass is 16.5. The van der Waals surface area contributed by atoms with Gasteiger partial charge < -0.3 is 10.3 Å². The molecule has 2 atom stereocenters. The van der Waals surface area contributed by atoms with Crippen LogP contribution in [0.2, 0.25) is 0 Å². The average molecular weight is 183 g/mol. The van der Waals surface area contributed by atoms with Gasteiger partial charge in [0.05, 0.1) is 6.04 Å². The zero-order valence-corrected chi connectivity index (χ0v) is 8.45. The lowest BCUT2D eigenvalue weighted by Gasteiger charge is -2.01. The summed E-state index contributed by atoms with van der Waals surface area (Å²) in [5, 5.41) is 3.89. The van der Waals surface area contributed by atoms with Crippen molar-refractivity contribution in [1.29, 1.82) is 0 Å². The van der Waals surface area contributed by atoms with E-state index in [0.29, 0.717) is 11.8 Å². The van der Waals surface area contributed by atoms with Gasteiger partial charge in [0.15, 0.2) is 5.82 Å². The molecule has 2 N–H and O–H groups in total. The molecule has 0 bridgehead atoms. The predicted octanol–water partition coefficient (Wildman–Crippen LogP) is 1.99. The minimum absolute atomic E-state index is 0.120. The summed E-state index contributed by atoms with van der Waals surface area (Å²) in [6.45, 7) is 6.17. The lowest BCUT2D eigenvalue weighted by molar-refractivity contribution is 0.346. The minimum atomic E-state index is -0.120. The molecule has 0 spiro atoms. The largest absolute Gasteiger partial charge is 0.338 e. The minimum Gasteiger partial charge on any atom is -0.338 e. The second kappa shape index (κ2) is 4.37. The van der Waals surface area contributed by atoms with Gasteiger partial charge in [0, 0.05) is 5.92 Å². The Hall–Kier alpha value is -0.900. The fourth-order valence-electron chi connectivity index (χ4n) is 0.955. The van der Waals surface area contributed by atoms with Crippen LogP contribution in [0.5, 0.6) is 0 Å². The molecule has 1 rings (SSSR count). The standard InChI is InChI=1S/C9H17N3O/c1-4-6(3)8-11-9(13-12-8)7(10)5-2/h6-7H,4-5,10H2,1-3H3/t6?,7-/m1/s1. The summed E-state index contributed by atoms with van der Waals surface area (Å²) in [5.74, 6) is 1.67. The molecule has 0 aromatic carbocycles. The summed E-state index contributed by atoms with van der Waals surface area (Å²) in [7, 11) is 0. The third kappa shape index (κ3) is 2.28. The van der Waals surface area contributed by atoms with E-state index in [1.54, 1.807) is 0 Å². The van der Waals surface area contributed by atoms with E-state index in [9.17, 15) is 0 Å². The van der Waals surface area contributed by atoms with Crippen LogP contribution in [-0.2, 0) is 0 Å². The maximum atomic E-state index is 5.75. The van der Waals surface area contributed by atoms with Crippen LogP contribution in [0.4, 0.5) is 0 Å². The van der Waals surface area contributed by atoms with Crippen LogP contribution >= 0.6 is 0 Å². The topological polar surface area (TPSA) is 64.9 Å². The van der Waals surface area contributed by atoms with Gasteiger partial charge in [-0.05, 0) is 12.8 Å². The fourth-order valence-corrected chi connectivity index (χ4v) is 0.955. The van der Waals surface area contributed by atoms with Gasteiger partial charge in [-0.3, -0.25) is 0 Å². The van der Waals surface area contributed by atoms with E-state index >= 15 is 0 Å². The fraction of sp³-hybridized carbons (Fsp3) is 0.778. The second-order valence-electron chi connectivity index (χ2n) is 3.31. The molecule has 0 fully saturated rings. The maximum Gasteiger partial charge on any atom is 0.243 e. The summed E-state index contributed by atoms with van der Waals surface area (Å²) in [6, 6.07) is -0.120. The highest BCUT2D eigenvalue weighted by molar-refractivity contribution is 4.95. The van der Waals surface area contributed by atoms with Crippen LogP contribution in [0.15, 0.2) is 4.52 Å². The summed E-state index contributed by atoms with van der Waals surface area (Å²) in [4.78, 5) is 4.25. The van der Waals surface area contributed by atoms with Crippen molar-refractivity contribution < 1.29 is 4.52 Å². The Labute approximate surface area is 78.5 Å². The maximum absolute atomic E-state index is 5.75. The van der Waals surface area contributed by atoms with Gasteiger partial charge in [-0.15, -0.1) is 0 Å². The molecular formula is C9H17N3O. The zero-order chi connectivity index (χ0) is 9.84. The Bertz CT molecular complexity index is 235. The number of nitrogens with zero attached hydrogens (tertiary/aromatic N) is 2. The third-order valence-corrected chi connectivity index (χ3v) is 2.27. The van der Waals surface area contributed by atoms with Crippen molar-refractivity contribution in [3.8, 4) is 0 Å². The van der Waals surface area contributed by atoms with E-state index < -0.39 is 0 Å². The Balaban J connectivity index is 2.74. The normalized spacial score (nSPS) is 15.7. The summed E-state index contributed by atoms with van der Waals surface area (Å²) in [6.07, 6.45) is 1.84. The van der Waals surface area contributed by atoms with Crippen molar-refractivity contribution in [2.45, 2.75) is 45.6 Å². The number of rotatable bonds is 4. The molecule has 1 aromatic rings. The first kappa shape index (κ1) is 10.2. The Morgan fingerprint density at radius 1 is 1.38 bits per heavy atom. The predicted molar refractivity (Wildman–Crippen MR) is 50.2 cm³/mol. The molecule has 4 nitrogen and oxygen atoms in total. The van der Waals surface area contributed by atoms with Crippen LogP contribution in [0.3, 0.4) is 0 Å². The van der Waals surface area contributed by atoms with Crippen molar-refractivity contribution >= 4 is 0 Å². The number of aromatic nitrogens is 2. The average Bonchev–Trinajstić information content (AvgIpc) is 2.64. The molecule has 1 aromatic heterocycles. The summed E-state index contributed by atoms with van der Waals surface area (Å²) >= 11 is 0. The first-order chi connectivity index (χ1) is 6.19. The molecule has 0 saturated heterocycles. The van der Waals surface area contributed by atoms with Crippen molar-refractivity contribution in [3.05, 3.63) is 11.7 Å². The number of hydrogen-bond donors (Lipinski definition) is 1. The van der Waals surface area contributed by atoms with E-state index in [1.807, 2.05) is 6.92 Å². The molecule has 74 valence electrons. The monoisotopic (exact) mass is 183 g/mol. The molecule has 0 radical (unpaired) electrons. The third-order valence-electron chi connectivity index (χ3n) is 2.27. The van der Waals surface area contributed by atoms with Gasteiger partial charge in [-0.1, -0.05) is 25.9 Å². The van der Waals surface area contributed by atoms with Gasteiger partial charge >= 0.3 is 0 Å².